The summed E-state index contributed by atoms with van der Waals surface area (Å²) in [6, 6.07) is 13.5. The lowest BCUT2D eigenvalue weighted by Gasteiger charge is -2.27. The molecule has 0 aromatic heterocycles. The maximum Gasteiger partial charge on any atom is 0.264 e. The molecule has 26 heavy (non-hydrogen) atoms. The largest absolute Gasteiger partial charge is 0.355 e. The van der Waals surface area contributed by atoms with E-state index in [-0.39, 0.29) is 42.0 Å². The highest BCUT2D eigenvalue weighted by atomic mass is 16.2. The monoisotopic (exact) mass is 348 g/mol. The Morgan fingerprint density at radius 3 is 2.38 bits per heavy atom. The third kappa shape index (κ3) is 2.60. The van der Waals surface area contributed by atoms with Gasteiger partial charge in [0.1, 0.15) is 5.78 Å². The smallest absolute Gasteiger partial charge is 0.264 e. The molecular formula is C20H16N2O4. The first-order valence-corrected chi connectivity index (χ1v) is 8.43. The molecule has 1 heterocycles. The Hall–Kier alpha value is -3.28. The van der Waals surface area contributed by atoms with Gasteiger partial charge in [0.15, 0.2) is 5.78 Å². The Balaban J connectivity index is 1.69. The summed E-state index contributed by atoms with van der Waals surface area (Å²) in [4.78, 5) is 50.5. The fourth-order valence-electron chi connectivity index (χ4n) is 3.50. The molecule has 1 atom stereocenters. The van der Waals surface area contributed by atoms with Crippen LogP contribution in [0.4, 0.5) is 11.4 Å². The minimum atomic E-state index is -0.857. The first kappa shape index (κ1) is 16.2. The van der Waals surface area contributed by atoms with Crippen molar-refractivity contribution < 1.29 is 19.2 Å². The molecule has 2 amide bonds. The van der Waals surface area contributed by atoms with Gasteiger partial charge < -0.3 is 5.32 Å². The first-order chi connectivity index (χ1) is 12.6. The van der Waals surface area contributed by atoms with Gasteiger partial charge in [0.05, 0.1) is 29.3 Å². The van der Waals surface area contributed by atoms with E-state index in [1.165, 1.54) is 0 Å². The molecule has 4 rings (SSSR count). The summed E-state index contributed by atoms with van der Waals surface area (Å²) >= 11 is 0. The van der Waals surface area contributed by atoms with Crippen LogP contribution in [-0.2, 0) is 9.59 Å². The predicted octanol–water partition coefficient (Wildman–Crippen LogP) is 2.72. The quantitative estimate of drug-likeness (QED) is 0.681. The van der Waals surface area contributed by atoms with Crippen molar-refractivity contribution in [3.63, 3.8) is 0 Å². The zero-order valence-electron chi connectivity index (χ0n) is 13.9. The van der Waals surface area contributed by atoms with Gasteiger partial charge >= 0.3 is 0 Å². The normalized spacial score (nSPS) is 19.7. The fourth-order valence-corrected chi connectivity index (χ4v) is 3.50. The van der Waals surface area contributed by atoms with Crippen LogP contribution in [0.1, 0.15) is 40.0 Å². The highest BCUT2D eigenvalue weighted by Gasteiger charge is 2.45. The molecule has 0 radical (unpaired) electrons. The van der Waals surface area contributed by atoms with E-state index in [4.69, 9.17) is 0 Å². The summed E-state index contributed by atoms with van der Waals surface area (Å²) in [6.07, 6.45) is 0.191. The molecule has 6 heteroatoms. The molecule has 0 bridgehead atoms. The number of para-hydroxylation sites is 1. The van der Waals surface area contributed by atoms with E-state index in [0.717, 1.165) is 10.6 Å². The molecule has 130 valence electrons. The Morgan fingerprint density at radius 1 is 0.885 bits per heavy atom. The van der Waals surface area contributed by atoms with E-state index in [0.29, 0.717) is 5.69 Å². The molecule has 1 saturated carbocycles. The van der Waals surface area contributed by atoms with Gasteiger partial charge in [-0.2, -0.15) is 0 Å². The van der Waals surface area contributed by atoms with Crippen molar-refractivity contribution in [1.29, 1.82) is 0 Å². The third-order valence-corrected chi connectivity index (χ3v) is 4.75. The van der Waals surface area contributed by atoms with Crippen LogP contribution in [0, 0.1) is 0 Å². The standard InChI is InChI=1S/C20H16N2O4/c23-13-9-10-16(17(24)11-13)22-19(25)14-7-4-8-15(18(14)20(22)26)21-12-5-2-1-3-6-12/h1-8,16,21H,9-11H2. The number of hydrogen-bond acceptors (Lipinski definition) is 5. The van der Waals surface area contributed by atoms with Gasteiger partial charge in [-0.05, 0) is 30.7 Å². The maximum atomic E-state index is 13.0. The average molecular weight is 348 g/mol. The van der Waals surface area contributed by atoms with Crippen LogP contribution in [0.3, 0.4) is 0 Å². The zero-order chi connectivity index (χ0) is 18.3. The van der Waals surface area contributed by atoms with Gasteiger partial charge in [0.2, 0.25) is 0 Å². The van der Waals surface area contributed by atoms with Crippen LogP contribution < -0.4 is 5.32 Å². The van der Waals surface area contributed by atoms with E-state index in [9.17, 15) is 19.2 Å². The molecule has 0 spiro atoms. The fraction of sp³-hybridized carbons (Fsp3) is 0.200. The molecule has 2 aliphatic rings. The number of fused-ring (bicyclic) bond motifs is 1. The number of amides is 2. The van der Waals surface area contributed by atoms with E-state index in [1.54, 1.807) is 18.2 Å². The number of benzene rings is 2. The number of carbonyl (C=O) groups excluding carboxylic acids is 4. The van der Waals surface area contributed by atoms with Gasteiger partial charge in [-0.3, -0.25) is 24.1 Å². The van der Waals surface area contributed by atoms with Crippen molar-refractivity contribution in [3.8, 4) is 0 Å². The summed E-state index contributed by atoms with van der Waals surface area (Å²) in [7, 11) is 0. The number of Topliss-reactive ketones (excluding diaryl/α,β-unsaturated/α-hetero) is 2. The van der Waals surface area contributed by atoms with Crippen LogP contribution >= 0.6 is 0 Å². The average Bonchev–Trinajstić information content (AvgIpc) is 2.88. The Labute approximate surface area is 149 Å². The number of hydrogen-bond donors (Lipinski definition) is 1. The number of ketones is 2. The van der Waals surface area contributed by atoms with Crippen molar-refractivity contribution in [3.05, 3.63) is 59.7 Å². The van der Waals surface area contributed by atoms with E-state index in [2.05, 4.69) is 5.32 Å². The summed E-state index contributed by atoms with van der Waals surface area (Å²) < 4.78 is 0. The lowest BCUT2D eigenvalue weighted by atomic mass is 9.92. The molecule has 0 saturated heterocycles. The molecule has 6 nitrogen and oxygen atoms in total. The number of nitrogens with one attached hydrogen (secondary N) is 1. The van der Waals surface area contributed by atoms with Gasteiger partial charge in [-0.1, -0.05) is 24.3 Å². The molecule has 1 aliphatic heterocycles. The molecule has 1 fully saturated rings. The highest BCUT2D eigenvalue weighted by Crippen LogP contribution is 2.34. The number of carbonyl (C=O) groups is 4. The molecule has 1 unspecified atom stereocenters. The highest BCUT2D eigenvalue weighted by molar-refractivity contribution is 6.25. The van der Waals surface area contributed by atoms with Crippen LogP contribution in [0.5, 0.6) is 0 Å². The third-order valence-electron chi connectivity index (χ3n) is 4.75. The molecule has 1 N–H and O–H groups in total. The minimum Gasteiger partial charge on any atom is -0.355 e. The van der Waals surface area contributed by atoms with Crippen LogP contribution in [0.15, 0.2) is 48.5 Å². The van der Waals surface area contributed by atoms with E-state index in [1.807, 2.05) is 30.3 Å². The second-order valence-corrected chi connectivity index (χ2v) is 6.44. The minimum absolute atomic E-state index is 0.144. The molecule has 1 aliphatic carbocycles. The first-order valence-electron chi connectivity index (χ1n) is 8.43. The molecule has 2 aromatic rings. The number of rotatable bonds is 3. The van der Waals surface area contributed by atoms with Crippen molar-refractivity contribution in [1.82, 2.24) is 4.90 Å². The van der Waals surface area contributed by atoms with Crippen molar-refractivity contribution in [2.75, 3.05) is 5.32 Å². The number of imide groups is 1. The SMILES string of the molecule is O=C1CCC(N2C(=O)c3cccc(Nc4ccccc4)c3C2=O)C(=O)C1. The van der Waals surface area contributed by atoms with E-state index >= 15 is 0 Å². The van der Waals surface area contributed by atoms with Crippen LogP contribution in [-0.4, -0.2) is 34.3 Å². The molecule has 2 aromatic carbocycles. The second kappa shape index (κ2) is 6.22. The lowest BCUT2D eigenvalue weighted by molar-refractivity contribution is -0.132. The van der Waals surface area contributed by atoms with Crippen molar-refractivity contribution in [2.24, 2.45) is 0 Å². The van der Waals surface area contributed by atoms with Gasteiger partial charge in [0.25, 0.3) is 11.8 Å². The Morgan fingerprint density at radius 2 is 1.65 bits per heavy atom. The summed E-state index contributed by atoms with van der Waals surface area (Å²) in [5, 5.41) is 3.16. The van der Waals surface area contributed by atoms with Crippen LogP contribution in [0.25, 0.3) is 0 Å². The van der Waals surface area contributed by atoms with Gasteiger partial charge in [-0.25, -0.2) is 0 Å². The van der Waals surface area contributed by atoms with Crippen molar-refractivity contribution in [2.45, 2.75) is 25.3 Å². The Bertz CT molecular complexity index is 936. The van der Waals surface area contributed by atoms with Gasteiger partial charge in [-0.15, -0.1) is 0 Å². The summed E-state index contributed by atoms with van der Waals surface area (Å²) in [5.41, 5.74) is 1.86. The number of anilines is 2. The summed E-state index contributed by atoms with van der Waals surface area (Å²) in [5.74, 6) is -1.48. The zero-order valence-corrected chi connectivity index (χ0v) is 13.9. The number of nitrogens with zero attached hydrogens (tertiary/aromatic N) is 1. The van der Waals surface area contributed by atoms with Crippen molar-refractivity contribution >= 4 is 34.8 Å². The predicted molar refractivity (Wildman–Crippen MR) is 94.3 cm³/mol. The van der Waals surface area contributed by atoms with Gasteiger partial charge in [0, 0.05) is 12.1 Å². The van der Waals surface area contributed by atoms with E-state index < -0.39 is 17.9 Å². The molecular weight excluding hydrogens is 332 g/mol. The van der Waals surface area contributed by atoms with Crippen LogP contribution in [0.2, 0.25) is 0 Å². The topological polar surface area (TPSA) is 83.6 Å². The second-order valence-electron chi connectivity index (χ2n) is 6.44. The Kier molecular flexibility index (Phi) is 3.88. The summed E-state index contributed by atoms with van der Waals surface area (Å²) in [6.45, 7) is 0. The maximum absolute atomic E-state index is 13.0. The lowest BCUT2D eigenvalue weighted by Crippen LogP contribution is -2.47.